The fourth-order valence-corrected chi connectivity index (χ4v) is 2.98. The minimum absolute atomic E-state index is 0.507. The van der Waals surface area contributed by atoms with Crippen LogP contribution in [0.15, 0.2) is 30.3 Å². The van der Waals surface area contributed by atoms with Gasteiger partial charge in [-0.15, -0.1) is 5.10 Å². The second-order valence-electron chi connectivity index (χ2n) is 5.90. The summed E-state index contributed by atoms with van der Waals surface area (Å²) in [6.45, 7) is 8.02. The molecule has 2 atom stereocenters. The minimum atomic E-state index is 0.507. The number of tetrazole rings is 1. The lowest BCUT2D eigenvalue weighted by Crippen LogP contribution is -2.53. The quantitative estimate of drug-likeness (QED) is 0.905. The summed E-state index contributed by atoms with van der Waals surface area (Å²) >= 11 is 0. The largest absolute Gasteiger partial charge is 0.309 e. The minimum Gasteiger partial charge on any atom is -0.309 e. The summed E-state index contributed by atoms with van der Waals surface area (Å²) in [6.07, 6.45) is 0. The highest BCUT2D eigenvalue weighted by Gasteiger charge is 2.22. The van der Waals surface area contributed by atoms with Gasteiger partial charge in [-0.05, 0) is 29.8 Å². The molecule has 0 bridgehead atoms. The van der Waals surface area contributed by atoms with Crippen LogP contribution in [0.1, 0.15) is 25.2 Å². The molecular weight excluding hydrogens is 264 g/mol. The molecule has 2 unspecified atom stereocenters. The first kappa shape index (κ1) is 14.2. The van der Waals surface area contributed by atoms with Gasteiger partial charge in [0.1, 0.15) is 0 Å². The molecule has 1 aliphatic rings. The maximum atomic E-state index is 4.20. The standard InChI is InChI=1S/C15H22N6/c1-12-8-20(9-13(2)16-12)11-15-17-18-19-21(15)10-14-6-4-3-5-7-14/h3-7,12-13,16H,8-11H2,1-2H3. The topological polar surface area (TPSA) is 58.9 Å². The van der Waals surface area contributed by atoms with Crippen molar-refractivity contribution in [2.24, 2.45) is 0 Å². The second kappa shape index (κ2) is 6.32. The van der Waals surface area contributed by atoms with E-state index >= 15 is 0 Å². The maximum absolute atomic E-state index is 4.20. The SMILES string of the molecule is CC1CN(Cc2nnnn2Cc2ccccc2)CC(C)N1. The molecule has 3 rings (SSSR count). The van der Waals surface area contributed by atoms with Crippen LogP contribution in [0, 0.1) is 0 Å². The molecule has 0 saturated carbocycles. The van der Waals surface area contributed by atoms with Gasteiger partial charge in [0.25, 0.3) is 0 Å². The first-order valence-corrected chi connectivity index (χ1v) is 7.48. The number of rotatable bonds is 4. The van der Waals surface area contributed by atoms with Gasteiger partial charge in [0.05, 0.1) is 13.1 Å². The van der Waals surface area contributed by atoms with E-state index in [4.69, 9.17) is 0 Å². The van der Waals surface area contributed by atoms with Gasteiger partial charge in [0.2, 0.25) is 0 Å². The molecule has 0 amide bonds. The zero-order chi connectivity index (χ0) is 14.7. The molecule has 2 heterocycles. The van der Waals surface area contributed by atoms with Crippen molar-refractivity contribution in [3.63, 3.8) is 0 Å². The Morgan fingerprint density at radius 2 is 1.81 bits per heavy atom. The van der Waals surface area contributed by atoms with E-state index in [9.17, 15) is 0 Å². The molecule has 6 heteroatoms. The van der Waals surface area contributed by atoms with E-state index in [1.807, 2.05) is 22.9 Å². The lowest BCUT2D eigenvalue weighted by molar-refractivity contribution is 0.161. The van der Waals surface area contributed by atoms with Crippen molar-refractivity contribution in [3.05, 3.63) is 41.7 Å². The molecular formula is C15H22N6. The lowest BCUT2D eigenvalue weighted by Gasteiger charge is -2.35. The number of aromatic nitrogens is 4. The Morgan fingerprint density at radius 1 is 1.10 bits per heavy atom. The fourth-order valence-electron chi connectivity index (χ4n) is 2.98. The first-order valence-electron chi connectivity index (χ1n) is 7.48. The molecule has 1 N–H and O–H groups in total. The summed E-state index contributed by atoms with van der Waals surface area (Å²) < 4.78 is 1.90. The third-order valence-corrected chi connectivity index (χ3v) is 3.78. The third-order valence-electron chi connectivity index (χ3n) is 3.78. The highest BCUT2D eigenvalue weighted by atomic mass is 15.5. The van der Waals surface area contributed by atoms with Crippen molar-refractivity contribution in [1.29, 1.82) is 0 Å². The smallest absolute Gasteiger partial charge is 0.165 e. The monoisotopic (exact) mass is 286 g/mol. The van der Waals surface area contributed by atoms with Crippen molar-refractivity contribution in [2.45, 2.75) is 39.0 Å². The average Bonchev–Trinajstić information content (AvgIpc) is 2.86. The van der Waals surface area contributed by atoms with E-state index in [1.54, 1.807) is 0 Å². The van der Waals surface area contributed by atoms with Gasteiger partial charge >= 0.3 is 0 Å². The van der Waals surface area contributed by atoms with Gasteiger partial charge in [0.15, 0.2) is 5.82 Å². The summed E-state index contributed by atoms with van der Waals surface area (Å²) in [5.41, 5.74) is 1.22. The van der Waals surface area contributed by atoms with Crippen molar-refractivity contribution < 1.29 is 0 Å². The number of benzene rings is 1. The van der Waals surface area contributed by atoms with E-state index in [-0.39, 0.29) is 0 Å². The van der Waals surface area contributed by atoms with Gasteiger partial charge in [-0.1, -0.05) is 30.3 Å². The Bertz CT molecular complexity index is 557. The zero-order valence-electron chi connectivity index (χ0n) is 12.6. The first-order chi connectivity index (χ1) is 10.2. The van der Waals surface area contributed by atoms with Crippen molar-refractivity contribution in [3.8, 4) is 0 Å². The number of nitrogens with one attached hydrogen (secondary N) is 1. The van der Waals surface area contributed by atoms with Crippen LogP contribution in [0.5, 0.6) is 0 Å². The van der Waals surface area contributed by atoms with Crippen molar-refractivity contribution >= 4 is 0 Å². The molecule has 112 valence electrons. The molecule has 0 radical (unpaired) electrons. The van der Waals surface area contributed by atoms with Crippen LogP contribution >= 0.6 is 0 Å². The van der Waals surface area contributed by atoms with E-state index in [1.165, 1.54) is 5.56 Å². The molecule has 1 aliphatic heterocycles. The number of hydrogen-bond acceptors (Lipinski definition) is 5. The molecule has 1 aromatic carbocycles. The molecule has 1 fully saturated rings. The lowest BCUT2D eigenvalue weighted by atomic mass is 10.1. The van der Waals surface area contributed by atoms with Crippen LogP contribution in [0.3, 0.4) is 0 Å². The van der Waals surface area contributed by atoms with Crippen LogP contribution in [0.2, 0.25) is 0 Å². The maximum Gasteiger partial charge on any atom is 0.165 e. The van der Waals surface area contributed by atoms with E-state index < -0.39 is 0 Å². The molecule has 2 aromatic rings. The van der Waals surface area contributed by atoms with Crippen LogP contribution < -0.4 is 5.32 Å². The predicted octanol–water partition coefficient (Wildman–Crippen LogP) is 0.904. The molecule has 6 nitrogen and oxygen atoms in total. The average molecular weight is 286 g/mol. The molecule has 1 aromatic heterocycles. The Hall–Kier alpha value is -1.79. The van der Waals surface area contributed by atoms with E-state index in [0.717, 1.165) is 32.0 Å². The summed E-state index contributed by atoms with van der Waals surface area (Å²) in [5, 5.41) is 15.7. The van der Waals surface area contributed by atoms with Crippen LogP contribution in [-0.2, 0) is 13.1 Å². The number of nitrogens with zero attached hydrogens (tertiary/aromatic N) is 5. The van der Waals surface area contributed by atoms with Gasteiger partial charge in [0, 0.05) is 25.2 Å². The van der Waals surface area contributed by atoms with Crippen molar-refractivity contribution in [2.75, 3.05) is 13.1 Å². The van der Waals surface area contributed by atoms with Gasteiger partial charge < -0.3 is 5.32 Å². The van der Waals surface area contributed by atoms with Crippen LogP contribution in [-0.4, -0.2) is 50.3 Å². The highest BCUT2D eigenvalue weighted by molar-refractivity contribution is 5.14. The van der Waals surface area contributed by atoms with E-state index in [2.05, 4.69) is 51.7 Å². The Balaban J connectivity index is 1.68. The van der Waals surface area contributed by atoms with Gasteiger partial charge in [-0.2, -0.15) is 0 Å². The molecule has 0 spiro atoms. The molecule has 1 saturated heterocycles. The Labute approximate surface area is 125 Å². The number of hydrogen-bond donors (Lipinski definition) is 1. The summed E-state index contributed by atoms with van der Waals surface area (Å²) in [7, 11) is 0. The molecule has 0 aliphatic carbocycles. The zero-order valence-corrected chi connectivity index (χ0v) is 12.6. The normalized spacial score (nSPS) is 23.3. The summed E-state index contributed by atoms with van der Waals surface area (Å²) in [6, 6.07) is 11.3. The number of piperazine rings is 1. The van der Waals surface area contributed by atoms with Crippen LogP contribution in [0.25, 0.3) is 0 Å². The van der Waals surface area contributed by atoms with Crippen LogP contribution in [0.4, 0.5) is 0 Å². The van der Waals surface area contributed by atoms with Gasteiger partial charge in [-0.3, -0.25) is 4.90 Å². The summed E-state index contributed by atoms with van der Waals surface area (Å²) in [5.74, 6) is 0.931. The third kappa shape index (κ3) is 3.65. The Morgan fingerprint density at radius 3 is 2.52 bits per heavy atom. The molecule has 21 heavy (non-hydrogen) atoms. The summed E-state index contributed by atoms with van der Waals surface area (Å²) in [4.78, 5) is 2.42. The second-order valence-corrected chi connectivity index (χ2v) is 5.90. The predicted molar refractivity (Wildman–Crippen MR) is 80.7 cm³/mol. The highest BCUT2D eigenvalue weighted by Crippen LogP contribution is 2.09. The Kier molecular flexibility index (Phi) is 4.26. The fraction of sp³-hybridized carbons (Fsp3) is 0.533. The van der Waals surface area contributed by atoms with Crippen molar-refractivity contribution in [1.82, 2.24) is 30.4 Å². The van der Waals surface area contributed by atoms with Gasteiger partial charge in [-0.25, -0.2) is 4.68 Å². The van der Waals surface area contributed by atoms with E-state index in [0.29, 0.717) is 12.1 Å².